The van der Waals surface area contributed by atoms with Crippen molar-refractivity contribution in [2.24, 2.45) is 5.92 Å². The Balaban J connectivity index is 1.44. The van der Waals surface area contributed by atoms with Crippen LogP contribution in [0.5, 0.6) is 0 Å². The highest BCUT2D eigenvalue weighted by Gasteiger charge is 2.28. The second-order valence-corrected chi connectivity index (χ2v) is 11.3. The van der Waals surface area contributed by atoms with E-state index in [1.165, 1.54) is 17.2 Å². The van der Waals surface area contributed by atoms with Crippen LogP contribution in [0, 0.1) is 12.8 Å². The van der Waals surface area contributed by atoms with Crippen LogP contribution in [0.15, 0.2) is 62.2 Å². The predicted octanol–water partition coefficient (Wildman–Crippen LogP) is 2.52. The van der Waals surface area contributed by atoms with E-state index in [1.807, 2.05) is 44.2 Å². The summed E-state index contributed by atoms with van der Waals surface area (Å²) in [6.07, 6.45) is 1.80. The molecule has 1 aromatic carbocycles. The van der Waals surface area contributed by atoms with E-state index in [9.17, 15) is 19.2 Å². The molecule has 0 spiro atoms. The van der Waals surface area contributed by atoms with Crippen molar-refractivity contribution in [1.29, 1.82) is 0 Å². The Labute approximate surface area is 258 Å². The first kappa shape index (κ1) is 31.2. The maximum absolute atomic E-state index is 13.4. The standard InChI is InChI=1S/C31H35N7O7/c1-18(2)11-25-31-35-26(17-43-31)30(42)33-23(13-20-7-5-4-6-8-20)28(40)32-9-10-38(27(39)15-21-12-19(3)36-44-21)16-22-14-24(37-45-22)29(41)34-25/h4-8,12,14,17-18,23,25H,9-11,13,15-16H2,1-3H3,(H,32,40)(H,33,42)(H,34,41)/t23-,25+/m0/s1. The Bertz CT molecular complexity index is 1640. The number of nitrogens with zero attached hydrogens (tertiary/aromatic N) is 4. The van der Waals surface area contributed by atoms with Gasteiger partial charge in [0.15, 0.2) is 17.1 Å². The van der Waals surface area contributed by atoms with Crippen LogP contribution in [0.4, 0.5) is 0 Å². The zero-order valence-electron chi connectivity index (χ0n) is 25.2. The predicted molar refractivity (Wildman–Crippen MR) is 157 cm³/mol. The van der Waals surface area contributed by atoms with Crippen LogP contribution in [0.3, 0.4) is 0 Å². The van der Waals surface area contributed by atoms with Gasteiger partial charge in [0.2, 0.25) is 17.7 Å². The SMILES string of the molecule is Cc1cc(CC(=O)N2CCNC(=O)[C@H](Cc3ccccc3)NC(=O)c3coc(n3)[C@@H](CC(C)C)NC(=O)c3cc(on3)C2)on1. The number of oxazole rings is 1. The molecule has 4 heterocycles. The van der Waals surface area contributed by atoms with Gasteiger partial charge >= 0.3 is 0 Å². The van der Waals surface area contributed by atoms with Gasteiger partial charge in [-0.15, -0.1) is 0 Å². The van der Waals surface area contributed by atoms with Gasteiger partial charge in [0.05, 0.1) is 18.7 Å². The third-order valence-corrected chi connectivity index (χ3v) is 7.14. The summed E-state index contributed by atoms with van der Waals surface area (Å²) in [5.74, 6) is -0.989. The lowest BCUT2D eigenvalue weighted by atomic mass is 10.0. The molecule has 14 heteroatoms. The second-order valence-electron chi connectivity index (χ2n) is 11.3. The van der Waals surface area contributed by atoms with E-state index in [-0.39, 0.29) is 67.3 Å². The van der Waals surface area contributed by atoms with Gasteiger partial charge in [-0.05, 0) is 24.8 Å². The molecule has 0 saturated carbocycles. The third-order valence-electron chi connectivity index (χ3n) is 7.14. The summed E-state index contributed by atoms with van der Waals surface area (Å²) in [7, 11) is 0. The van der Waals surface area contributed by atoms with Crippen molar-refractivity contribution >= 4 is 23.6 Å². The number of carbonyl (C=O) groups is 4. The number of hydrogen-bond donors (Lipinski definition) is 3. The van der Waals surface area contributed by atoms with Crippen molar-refractivity contribution in [3.05, 3.63) is 88.8 Å². The largest absolute Gasteiger partial charge is 0.446 e. The average Bonchev–Trinajstić information content (AvgIpc) is 3.77. The molecule has 4 aromatic rings. The summed E-state index contributed by atoms with van der Waals surface area (Å²) >= 11 is 0. The Hall–Kier alpha value is -5.27. The molecular weight excluding hydrogens is 582 g/mol. The van der Waals surface area contributed by atoms with Crippen molar-refractivity contribution in [3.63, 3.8) is 0 Å². The van der Waals surface area contributed by atoms with Gasteiger partial charge in [-0.2, -0.15) is 0 Å². The molecule has 0 unspecified atom stereocenters. The second kappa shape index (κ2) is 14.0. The minimum Gasteiger partial charge on any atom is -0.446 e. The molecule has 3 N–H and O–H groups in total. The first-order valence-electron chi connectivity index (χ1n) is 14.7. The Morgan fingerprint density at radius 3 is 2.49 bits per heavy atom. The highest BCUT2D eigenvalue weighted by Crippen LogP contribution is 2.22. The van der Waals surface area contributed by atoms with Gasteiger partial charge in [0, 0.05) is 31.6 Å². The quantitative estimate of drug-likeness (QED) is 0.290. The molecule has 0 aliphatic carbocycles. The maximum Gasteiger partial charge on any atom is 0.274 e. The van der Waals surface area contributed by atoms with Gasteiger partial charge in [-0.3, -0.25) is 19.2 Å². The van der Waals surface area contributed by atoms with E-state index < -0.39 is 29.8 Å². The van der Waals surface area contributed by atoms with Gasteiger partial charge < -0.3 is 34.3 Å². The molecule has 1 aliphatic heterocycles. The lowest BCUT2D eigenvalue weighted by molar-refractivity contribution is -0.132. The van der Waals surface area contributed by atoms with Crippen LogP contribution in [-0.2, 0) is 29.0 Å². The number of amides is 4. The number of nitrogens with one attached hydrogen (secondary N) is 3. The van der Waals surface area contributed by atoms with Crippen LogP contribution in [0.25, 0.3) is 0 Å². The summed E-state index contributed by atoms with van der Waals surface area (Å²) in [4.78, 5) is 59.0. The fourth-order valence-corrected chi connectivity index (χ4v) is 4.94. The summed E-state index contributed by atoms with van der Waals surface area (Å²) in [5, 5.41) is 16.2. The van der Waals surface area contributed by atoms with Gasteiger partial charge in [0.1, 0.15) is 24.1 Å². The maximum atomic E-state index is 13.4. The minimum absolute atomic E-state index is 0.000268. The Morgan fingerprint density at radius 1 is 1.00 bits per heavy atom. The monoisotopic (exact) mass is 617 g/mol. The van der Waals surface area contributed by atoms with E-state index in [0.29, 0.717) is 17.9 Å². The van der Waals surface area contributed by atoms with Crippen molar-refractivity contribution in [2.75, 3.05) is 13.1 Å². The van der Waals surface area contributed by atoms with Crippen molar-refractivity contribution in [1.82, 2.24) is 36.1 Å². The third kappa shape index (κ3) is 8.22. The van der Waals surface area contributed by atoms with E-state index >= 15 is 0 Å². The highest BCUT2D eigenvalue weighted by molar-refractivity contribution is 5.96. The summed E-state index contributed by atoms with van der Waals surface area (Å²) in [6, 6.07) is 10.7. The lowest BCUT2D eigenvalue weighted by Crippen LogP contribution is -2.49. The number of hydrogen-bond acceptors (Lipinski definition) is 10. The van der Waals surface area contributed by atoms with Gasteiger partial charge in [0.25, 0.3) is 11.8 Å². The Morgan fingerprint density at radius 2 is 1.76 bits per heavy atom. The average molecular weight is 618 g/mol. The molecule has 0 radical (unpaired) electrons. The van der Waals surface area contributed by atoms with E-state index in [0.717, 1.165) is 5.56 Å². The molecule has 4 bridgehead atoms. The van der Waals surface area contributed by atoms with Crippen molar-refractivity contribution in [2.45, 2.75) is 58.7 Å². The van der Waals surface area contributed by atoms with E-state index in [2.05, 4.69) is 31.2 Å². The topological polar surface area (TPSA) is 186 Å². The van der Waals surface area contributed by atoms with Crippen LogP contribution in [0.2, 0.25) is 0 Å². The molecule has 0 saturated heterocycles. The molecule has 14 nitrogen and oxygen atoms in total. The number of aryl methyl sites for hydroxylation is 1. The minimum atomic E-state index is -0.955. The molecule has 1 aliphatic rings. The van der Waals surface area contributed by atoms with Crippen LogP contribution < -0.4 is 16.0 Å². The summed E-state index contributed by atoms with van der Waals surface area (Å²) < 4.78 is 16.3. The number of fused-ring (bicyclic) bond motifs is 4. The molecule has 4 amide bonds. The van der Waals surface area contributed by atoms with E-state index in [1.54, 1.807) is 13.0 Å². The molecule has 0 fully saturated rings. The number of aromatic nitrogens is 3. The summed E-state index contributed by atoms with van der Waals surface area (Å²) in [6.45, 7) is 5.83. The zero-order valence-corrected chi connectivity index (χ0v) is 25.2. The van der Waals surface area contributed by atoms with Crippen molar-refractivity contribution < 1.29 is 32.6 Å². The zero-order chi connectivity index (χ0) is 31.9. The molecule has 45 heavy (non-hydrogen) atoms. The van der Waals surface area contributed by atoms with Crippen LogP contribution >= 0.6 is 0 Å². The first-order valence-corrected chi connectivity index (χ1v) is 14.7. The molecule has 236 valence electrons. The van der Waals surface area contributed by atoms with Crippen LogP contribution in [0.1, 0.15) is 76.0 Å². The fourth-order valence-electron chi connectivity index (χ4n) is 4.94. The van der Waals surface area contributed by atoms with Gasteiger partial charge in [-0.25, -0.2) is 4.98 Å². The van der Waals surface area contributed by atoms with Gasteiger partial charge in [-0.1, -0.05) is 54.5 Å². The first-order chi connectivity index (χ1) is 21.6. The number of carbonyl (C=O) groups excluding carboxylic acids is 4. The molecular formula is C31H35N7O7. The summed E-state index contributed by atoms with van der Waals surface area (Å²) in [5.41, 5.74) is 1.43. The van der Waals surface area contributed by atoms with Crippen LogP contribution in [-0.4, -0.2) is 63.0 Å². The fraction of sp³-hybridized carbons (Fsp3) is 0.387. The van der Waals surface area contributed by atoms with E-state index in [4.69, 9.17) is 13.5 Å². The molecule has 5 rings (SSSR count). The van der Waals surface area contributed by atoms with Crippen molar-refractivity contribution in [3.8, 4) is 0 Å². The lowest BCUT2D eigenvalue weighted by Gasteiger charge is -2.23. The Kier molecular flexibility index (Phi) is 9.70. The number of rotatable bonds is 6. The smallest absolute Gasteiger partial charge is 0.274 e. The normalized spacial score (nSPS) is 18.1. The number of benzene rings is 1. The molecule has 3 aromatic heterocycles. The highest BCUT2D eigenvalue weighted by atomic mass is 16.5. The molecule has 2 atom stereocenters.